The van der Waals surface area contributed by atoms with E-state index in [4.69, 9.17) is 4.52 Å². The van der Waals surface area contributed by atoms with E-state index in [1.54, 1.807) is 26.0 Å². The van der Waals surface area contributed by atoms with Crippen LogP contribution in [0.25, 0.3) is 11.4 Å². The van der Waals surface area contributed by atoms with Crippen LogP contribution in [0, 0.1) is 19.7 Å². The Bertz CT molecular complexity index is 777. The number of ether oxygens (including phenoxy) is 2. The van der Waals surface area contributed by atoms with E-state index in [1.165, 1.54) is 20.3 Å². The number of esters is 2. The highest BCUT2D eigenvalue weighted by atomic mass is 19.1. The minimum atomic E-state index is -0.259. The van der Waals surface area contributed by atoms with Gasteiger partial charge in [0.25, 0.3) is 0 Å². The van der Waals surface area contributed by atoms with E-state index in [9.17, 15) is 14.0 Å². The fourth-order valence-electron chi connectivity index (χ4n) is 2.19. The fourth-order valence-corrected chi connectivity index (χ4v) is 2.19. The highest BCUT2D eigenvalue weighted by Crippen LogP contribution is 2.18. The molecule has 0 unspecified atom stereocenters. The standard InChI is InChI=1S/C10H9FN2O.C7H14O2.C6H12O2/c1-6-3-4-8(5-9(6)11)10-12-7(2)14-13-10;1-3-4-5-6-7(8)9-2;1-3-4-5-6(7)8-2/h3-5H,1-2H3;3-6H2,1-2H3;3-5H2,1-2H3. The second-order valence-corrected chi connectivity index (χ2v) is 6.81. The van der Waals surface area contributed by atoms with Crippen LogP contribution >= 0.6 is 0 Å². The summed E-state index contributed by atoms with van der Waals surface area (Å²) in [6.07, 6.45) is 6.36. The molecule has 0 fully saturated rings. The van der Waals surface area contributed by atoms with E-state index in [0.29, 0.717) is 35.7 Å². The summed E-state index contributed by atoms with van der Waals surface area (Å²) in [6, 6.07) is 4.86. The van der Waals surface area contributed by atoms with Crippen molar-refractivity contribution >= 4 is 11.9 Å². The van der Waals surface area contributed by atoms with Crippen molar-refractivity contribution in [2.24, 2.45) is 0 Å². The topological polar surface area (TPSA) is 91.5 Å². The van der Waals surface area contributed by atoms with Crippen molar-refractivity contribution < 1.29 is 28.0 Å². The van der Waals surface area contributed by atoms with Gasteiger partial charge in [-0.3, -0.25) is 9.59 Å². The number of aryl methyl sites for hydroxylation is 2. The van der Waals surface area contributed by atoms with E-state index in [1.807, 2.05) is 6.92 Å². The van der Waals surface area contributed by atoms with Gasteiger partial charge in [0, 0.05) is 25.3 Å². The Morgan fingerprint density at radius 2 is 1.55 bits per heavy atom. The lowest BCUT2D eigenvalue weighted by atomic mass is 10.1. The van der Waals surface area contributed by atoms with E-state index in [-0.39, 0.29) is 17.8 Å². The molecule has 174 valence electrons. The van der Waals surface area contributed by atoms with Crippen molar-refractivity contribution in [3.8, 4) is 11.4 Å². The molecule has 0 aliphatic carbocycles. The van der Waals surface area contributed by atoms with Gasteiger partial charge in [-0.1, -0.05) is 50.4 Å². The van der Waals surface area contributed by atoms with Gasteiger partial charge in [-0.05, 0) is 31.4 Å². The van der Waals surface area contributed by atoms with Gasteiger partial charge in [0.15, 0.2) is 0 Å². The van der Waals surface area contributed by atoms with Crippen LogP contribution in [0.5, 0.6) is 0 Å². The first kappa shape index (κ1) is 28.2. The van der Waals surface area contributed by atoms with Crippen molar-refractivity contribution in [2.75, 3.05) is 14.2 Å². The zero-order valence-electron chi connectivity index (χ0n) is 19.5. The summed E-state index contributed by atoms with van der Waals surface area (Å²) >= 11 is 0. The van der Waals surface area contributed by atoms with Crippen LogP contribution in [0.3, 0.4) is 0 Å². The maximum Gasteiger partial charge on any atom is 0.305 e. The van der Waals surface area contributed by atoms with Crippen molar-refractivity contribution in [1.82, 2.24) is 10.1 Å². The van der Waals surface area contributed by atoms with Gasteiger partial charge in [0.1, 0.15) is 5.82 Å². The van der Waals surface area contributed by atoms with Gasteiger partial charge >= 0.3 is 11.9 Å². The molecule has 0 aliphatic heterocycles. The maximum absolute atomic E-state index is 13.2. The van der Waals surface area contributed by atoms with Crippen LogP contribution in [0.1, 0.15) is 70.2 Å². The molecule has 0 radical (unpaired) electrons. The quantitative estimate of drug-likeness (QED) is 0.392. The zero-order valence-corrected chi connectivity index (χ0v) is 19.5. The van der Waals surface area contributed by atoms with Crippen molar-refractivity contribution in [3.63, 3.8) is 0 Å². The molecule has 0 aliphatic rings. The van der Waals surface area contributed by atoms with Crippen LogP contribution in [0.4, 0.5) is 4.39 Å². The van der Waals surface area contributed by atoms with Crippen LogP contribution in [-0.2, 0) is 19.1 Å². The number of hydrogen-bond acceptors (Lipinski definition) is 7. The van der Waals surface area contributed by atoms with Gasteiger partial charge in [-0.25, -0.2) is 4.39 Å². The van der Waals surface area contributed by atoms with Crippen LogP contribution < -0.4 is 0 Å². The molecule has 0 bridgehead atoms. The Kier molecular flexibility index (Phi) is 15.5. The largest absolute Gasteiger partial charge is 0.469 e. The SMILES string of the molecule is CCCCC(=O)OC.CCCCCC(=O)OC.Cc1nc(-c2ccc(C)c(F)c2)no1. The van der Waals surface area contributed by atoms with Gasteiger partial charge in [0.2, 0.25) is 11.7 Å². The van der Waals surface area contributed by atoms with Crippen molar-refractivity contribution in [3.05, 3.63) is 35.5 Å². The molecule has 0 saturated carbocycles. The summed E-state index contributed by atoms with van der Waals surface area (Å²) < 4.78 is 26.9. The lowest BCUT2D eigenvalue weighted by Crippen LogP contribution is -1.98. The molecule has 2 rings (SSSR count). The number of aromatic nitrogens is 2. The Balaban J connectivity index is 0.000000465. The highest BCUT2D eigenvalue weighted by Gasteiger charge is 2.07. The molecular formula is C23H35FN2O5. The normalized spacial score (nSPS) is 9.65. The Morgan fingerprint density at radius 1 is 0.968 bits per heavy atom. The lowest BCUT2D eigenvalue weighted by molar-refractivity contribution is -0.141. The molecule has 1 aromatic carbocycles. The van der Waals surface area contributed by atoms with Crippen LogP contribution in [-0.4, -0.2) is 36.3 Å². The minimum Gasteiger partial charge on any atom is -0.469 e. The fraction of sp³-hybridized carbons (Fsp3) is 0.565. The number of carbonyl (C=O) groups excluding carboxylic acids is 2. The first-order valence-electron chi connectivity index (χ1n) is 10.5. The van der Waals surface area contributed by atoms with Crippen molar-refractivity contribution in [1.29, 1.82) is 0 Å². The van der Waals surface area contributed by atoms with Gasteiger partial charge < -0.3 is 14.0 Å². The van der Waals surface area contributed by atoms with Crippen LogP contribution in [0.15, 0.2) is 22.7 Å². The third kappa shape index (κ3) is 13.2. The van der Waals surface area contributed by atoms with E-state index in [2.05, 4.69) is 26.5 Å². The Labute approximate surface area is 184 Å². The number of rotatable bonds is 8. The Hall–Kier alpha value is -2.77. The molecule has 7 nitrogen and oxygen atoms in total. The molecule has 31 heavy (non-hydrogen) atoms. The second kappa shape index (κ2) is 17.0. The molecule has 1 aromatic heterocycles. The molecule has 8 heteroatoms. The molecule has 0 saturated heterocycles. The van der Waals surface area contributed by atoms with Crippen molar-refractivity contribution in [2.45, 2.75) is 72.6 Å². The minimum absolute atomic E-state index is 0.0940. The number of carbonyl (C=O) groups is 2. The number of unbranched alkanes of at least 4 members (excludes halogenated alkanes) is 3. The second-order valence-electron chi connectivity index (χ2n) is 6.81. The predicted molar refractivity (Wildman–Crippen MR) is 117 cm³/mol. The molecule has 2 aromatic rings. The van der Waals surface area contributed by atoms with E-state index >= 15 is 0 Å². The van der Waals surface area contributed by atoms with E-state index in [0.717, 1.165) is 32.1 Å². The lowest BCUT2D eigenvalue weighted by Gasteiger charge is -1.97. The number of hydrogen-bond donors (Lipinski definition) is 0. The van der Waals surface area contributed by atoms with Gasteiger partial charge in [0.05, 0.1) is 14.2 Å². The summed E-state index contributed by atoms with van der Waals surface area (Å²) in [4.78, 5) is 24.8. The predicted octanol–water partition coefficient (Wildman–Crippen LogP) is 5.58. The van der Waals surface area contributed by atoms with Gasteiger partial charge in [-0.15, -0.1) is 0 Å². The molecule has 0 atom stereocenters. The number of benzene rings is 1. The number of nitrogens with zero attached hydrogens (tertiary/aromatic N) is 2. The summed E-state index contributed by atoms with van der Waals surface area (Å²) in [7, 11) is 2.84. The average molecular weight is 439 g/mol. The van der Waals surface area contributed by atoms with Crippen LogP contribution in [0.2, 0.25) is 0 Å². The maximum atomic E-state index is 13.2. The number of halogens is 1. The molecule has 0 amide bonds. The third-order valence-electron chi connectivity index (χ3n) is 4.13. The summed E-state index contributed by atoms with van der Waals surface area (Å²) in [5, 5.41) is 3.70. The summed E-state index contributed by atoms with van der Waals surface area (Å²) in [5.74, 6) is 0.433. The average Bonchev–Trinajstić information content (AvgIpc) is 3.21. The first-order valence-corrected chi connectivity index (χ1v) is 10.5. The van der Waals surface area contributed by atoms with Gasteiger partial charge in [-0.2, -0.15) is 4.98 Å². The smallest absolute Gasteiger partial charge is 0.305 e. The monoisotopic (exact) mass is 438 g/mol. The Morgan fingerprint density at radius 3 is 2.00 bits per heavy atom. The molecular weight excluding hydrogens is 403 g/mol. The first-order chi connectivity index (χ1) is 14.8. The highest BCUT2D eigenvalue weighted by molar-refractivity contribution is 5.69. The number of methoxy groups -OCH3 is 2. The molecule has 1 heterocycles. The molecule has 0 spiro atoms. The summed E-state index contributed by atoms with van der Waals surface area (Å²) in [5.41, 5.74) is 1.24. The molecule has 0 N–H and O–H groups in total. The van der Waals surface area contributed by atoms with E-state index < -0.39 is 0 Å². The zero-order chi connectivity index (χ0) is 23.6. The summed E-state index contributed by atoms with van der Waals surface area (Å²) in [6.45, 7) is 7.56. The third-order valence-corrected chi connectivity index (χ3v) is 4.13.